The first kappa shape index (κ1) is 21.1. The molecule has 1 aromatic carbocycles. The SMILES string of the molecule is Cc1ccc(S(=O)(=O)[O-])cc1.Cc1cccc2n(C)c(/C=N/N=C(N)N)c[n+]12. The van der Waals surface area contributed by atoms with Crippen LogP contribution in [0.3, 0.4) is 0 Å². The Morgan fingerprint density at radius 2 is 1.79 bits per heavy atom. The number of aryl methyl sites for hydroxylation is 3. The van der Waals surface area contributed by atoms with Crippen molar-refractivity contribution in [2.45, 2.75) is 18.7 Å². The second-order valence-electron chi connectivity index (χ2n) is 6.04. The Bertz CT molecular complexity index is 1130. The Morgan fingerprint density at radius 3 is 2.32 bits per heavy atom. The Kier molecular flexibility index (Phi) is 6.49. The van der Waals surface area contributed by atoms with Gasteiger partial charge >= 0.3 is 0 Å². The molecule has 0 bridgehead atoms. The average molecular weight is 402 g/mol. The van der Waals surface area contributed by atoms with Gasteiger partial charge in [-0.1, -0.05) is 23.8 Å². The smallest absolute Gasteiger partial charge is 0.286 e. The normalized spacial score (nSPS) is 11.3. The number of benzene rings is 1. The zero-order chi connectivity index (χ0) is 20.9. The quantitative estimate of drug-likeness (QED) is 0.216. The van der Waals surface area contributed by atoms with Crippen LogP contribution in [0.1, 0.15) is 17.0 Å². The molecule has 3 aromatic rings. The van der Waals surface area contributed by atoms with Gasteiger partial charge in [-0.25, -0.2) is 13.0 Å². The molecule has 2 heterocycles. The lowest BCUT2D eigenvalue weighted by Crippen LogP contribution is -2.22. The molecule has 0 saturated carbocycles. The first-order valence-electron chi connectivity index (χ1n) is 8.21. The Morgan fingerprint density at radius 1 is 1.14 bits per heavy atom. The van der Waals surface area contributed by atoms with Gasteiger partial charge in [0.15, 0.2) is 5.69 Å². The fraction of sp³-hybridized carbons (Fsp3) is 0.167. The van der Waals surface area contributed by atoms with E-state index in [2.05, 4.69) is 14.6 Å². The number of nitrogens with two attached hydrogens (primary N) is 2. The molecule has 0 amide bonds. The fourth-order valence-corrected chi connectivity index (χ4v) is 2.86. The largest absolute Gasteiger partial charge is 0.744 e. The molecule has 10 heteroatoms. The lowest BCUT2D eigenvalue weighted by Gasteiger charge is -2.05. The van der Waals surface area contributed by atoms with Gasteiger partial charge in [0.25, 0.3) is 5.65 Å². The van der Waals surface area contributed by atoms with E-state index in [0.29, 0.717) is 0 Å². The number of hydrogen-bond acceptors (Lipinski definition) is 5. The van der Waals surface area contributed by atoms with Gasteiger partial charge in [-0.3, -0.25) is 0 Å². The molecule has 0 unspecified atom stereocenters. The van der Waals surface area contributed by atoms with E-state index in [4.69, 9.17) is 11.5 Å². The van der Waals surface area contributed by atoms with Gasteiger partial charge in [-0.2, -0.15) is 9.50 Å². The van der Waals surface area contributed by atoms with Gasteiger partial charge in [0.2, 0.25) is 5.96 Å². The summed E-state index contributed by atoms with van der Waals surface area (Å²) in [6.45, 7) is 3.87. The van der Waals surface area contributed by atoms with Crippen molar-refractivity contribution in [3.63, 3.8) is 0 Å². The summed E-state index contributed by atoms with van der Waals surface area (Å²) in [6, 6.07) is 11.9. The molecule has 0 aliphatic rings. The second kappa shape index (κ2) is 8.63. The highest BCUT2D eigenvalue weighted by atomic mass is 32.2. The molecule has 0 spiro atoms. The van der Waals surface area contributed by atoms with E-state index in [0.717, 1.165) is 22.6 Å². The molecule has 4 N–H and O–H groups in total. The summed E-state index contributed by atoms with van der Waals surface area (Å²) in [7, 11) is -2.31. The van der Waals surface area contributed by atoms with Crippen LogP contribution < -0.4 is 15.9 Å². The van der Waals surface area contributed by atoms with E-state index in [9.17, 15) is 13.0 Å². The van der Waals surface area contributed by atoms with Crippen molar-refractivity contribution in [1.82, 2.24) is 4.57 Å². The first-order valence-corrected chi connectivity index (χ1v) is 9.61. The maximum atomic E-state index is 10.4. The molecular formula is C18H22N6O3S. The van der Waals surface area contributed by atoms with Crippen molar-refractivity contribution in [1.29, 1.82) is 0 Å². The van der Waals surface area contributed by atoms with Gasteiger partial charge in [0.1, 0.15) is 28.2 Å². The molecule has 0 saturated heterocycles. The summed E-state index contributed by atoms with van der Waals surface area (Å²) in [5.41, 5.74) is 14.5. The van der Waals surface area contributed by atoms with E-state index < -0.39 is 10.1 Å². The molecule has 148 valence electrons. The maximum absolute atomic E-state index is 10.4. The van der Waals surface area contributed by atoms with Crippen molar-refractivity contribution in [3.05, 3.63) is 65.6 Å². The summed E-state index contributed by atoms with van der Waals surface area (Å²) < 4.78 is 35.3. The Labute approximate surface area is 163 Å². The van der Waals surface area contributed by atoms with E-state index in [1.54, 1.807) is 18.3 Å². The van der Waals surface area contributed by atoms with Crippen LogP contribution in [0.4, 0.5) is 0 Å². The summed E-state index contributed by atoms with van der Waals surface area (Å²) in [6.07, 6.45) is 3.60. The molecule has 0 fully saturated rings. The predicted molar refractivity (Wildman–Crippen MR) is 106 cm³/mol. The highest BCUT2D eigenvalue weighted by Crippen LogP contribution is 2.08. The van der Waals surface area contributed by atoms with Crippen molar-refractivity contribution in [2.24, 2.45) is 28.7 Å². The number of rotatable bonds is 3. The van der Waals surface area contributed by atoms with E-state index in [1.807, 2.05) is 49.9 Å². The van der Waals surface area contributed by atoms with Crippen LogP contribution in [-0.4, -0.2) is 29.7 Å². The third-order valence-corrected chi connectivity index (χ3v) is 4.72. The van der Waals surface area contributed by atoms with Crippen molar-refractivity contribution >= 4 is 27.9 Å². The molecular weight excluding hydrogens is 380 g/mol. The van der Waals surface area contributed by atoms with Crippen LogP contribution in [0.2, 0.25) is 0 Å². The standard InChI is InChI=1S/C11H15N6.C7H8O3S/c1-8-4-3-5-10-16(2)9(7-17(8)10)6-14-15-11(12)13;1-6-2-4-7(5-3-6)11(8,9)10/h3-7H,1-2H3,(H4,12,13,15);2-5H,1H3,(H,8,9,10)/q+1;/p-1/b14-6+;. The average Bonchev–Trinajstić information content (AvgIpc) is 2.93. The molecule has 0 aliphatic carbocycles. The monoisotopic (exact) mass is 402 g/mol. The third-order valence-electron chi connectivity index (χ3n) is 3.87. The van der Waals surface area contributed by atoms with Crippen LogP contribution in [0.25, 0.3) is 5.65 Å². The first-order chi connectivity index (χ1) is 13.1. The van der Waals surface area contributed by atoms with Crippen molar-refractivity contribution < 1.29 is 17.4 Å². The van der Waals surface area contributed by atoms with Crippen LogP contribution >= 0.6 is 0 Å². The van der Waals surface area contributed by atoms with Gasteiger partial charge in [0.05, 0.1) is 11.9 Å². The van der Waals surface area contributed by atoms with E-state index in [1.165, 1.54) is 12.1 Å². The second-order valence-corrected chi connectivity index (χ2v) is 7.42. The number of imidazole rings is 1. The summed E-state index contributed by atoms with van der Waals surface area (Å²) in [5.74, 6) is -0.0520. The molecule has 9 nitrogen and oxygen atoms in total. The van der Waals surface area contributed by atoms with Gasteiger partial charge < -0.3 is 16.0 Å². The van der Waals surface area contributed by atoms with Gasteiger partial charge in [0, 0.05) is 6.07 Å². The number of guanidine groups is 1. The zero-order valence-electron chi connectivity index (χ0n) is 15.8. The van der Waals surface area contributed by atoms with Crippen molar-refractivity contribution in [2.75, 3.05) is 0 Å². The van der Waals surface area contributed by atoms with Gasteiger partial charge in [-0.15, -0.1) is 5.10 Å². The number of hydrogen-bond donors (Lipinski definition) is 2. The minimum atomic E-state index is -4.27. The summed E-state index contributed by atoms with van der Waals surface area (Å²) in [5, 5.41) is 7.38. The van der Waals surface area contributed by atoms with Gasteiger partial charge in [-0.05, 0) is 32.0 Å². The Hall–Kier alpha value is -3.24. The number of pyridine rings is 1. The van der Waals surface area contributed by atoms with Crippen LogP contribution in [0.5, 0.6) is 0 Å². The van der Waals surface area contributed by atoms with Crippen LogP contribution in [-0.2, 0) is 17.2 Å². The molecule has 2 aromatic heterocycles. The van der Waals surface area contributed by atoms with Crippen LogP contribution in [0, 0.1) is 13.8 Å². The summed E-state index contributed by atoms with van der Waals surface area (Å²) >= 11 is 0. The molecule has 0 radical (unpaired) electrons. The number of fused-ring (bicyclic) bond motifs is 1. The maximum Gasteiger partial charge on any atom is 0.286 e. The number of nitrogens with zero attached hydrogens (tertiary/aromatic N) is 4. The molecule has 0 aliphatic heterocycles. The van der Waals surface area contributed by atoms with Crippen molar-refractivity contribution in [3.8, 4) is 0 Å². The lowest BCUT2D eigenvalue weighted by molar-refractivity contribution is -0.518. The lowest BCUT2D eigenvalue weighted by atomic mass is 10.2. The third kappa shape index (κ3) is 5.38. The van der Waals surface area contributed by atoms with E-state index in [-0.39, 0.29) is 10.9 Å². The predicted octanol–water partition coefficient (Wildman–Crippen LogP) is 0.579. The topological polar surface area (TPSA) is 143 Å². The molecule has 0 atom stereocenters. The van der Waals surface area contributed by atoms with Crippen LogP contribution in [0.15, 0.2) is 63.8 Å². The minimum Gasteiger partial charge on any atom is -0.744 e. The van der Waals surface area contributed by atoms with E-state index >= 15 is 0 Å². The zero-order valence-corrected chi connectivity index (χ0v) is 16.6. The highest BCUT2D eigenvalue weighted by Gasteiger charge is 2.13. The highest BCUT2D eigenvalue weighted by molar-refractivity contribution is 7.85. The number of aromatic nitrogens is 2. The molecule has 28 heavy (non-hydrogen) atoms. The molecule has 3 rings (SSSR count). The Balaban J connectivity index is 0.000000221. The minimum absolute atomic E-state index is 0.0520. The fourth-order valence-electron chi connectivity index (χ4n) is 2.39. The summed E-state index contributed by atoms with van der Waals surface area (Å²) in [4.78, 5) is -0.178.